The number of Topliss-reactive ketones (excluding diaryl/α,β-unsaturated/α-hetero) is 1. The molecule has 0 aliphatic carbocycles. The van der Waals surface area contributed by atoms with Crippen LogP contribution in [0.5, 0.6) is 0 Å². The Labute approximate surface area is 162 Å². The van der Waals surface area contributed by atoms with E-state index in [1.54, 1.807) is 0 Å². The second-order valence-electron chi connectivity index (χ2n) is 7.45. The molecule has 0 unspecified atom stereocenters. The summed E-state index contributed by atoms with van der Waals surface area (Å²) in [5.74, 6) is 0.167. The molecule has 0 N–H and O–H groups in total. The second-order valence-corrected chi connectivity index (χ2v) is 7.45. The van der Waals surface area contributed by atoms with Crippen LogP contribution in [0.2, 0.25) is 0 Å². The van der Waals surface area contributed by atoms with Gasteiger partial charge in [0.15, 0.2) is 5.78 Å². The van der Waals surface area contributed by atoms with E-state index in [2.05, 4.69) is 29.2 Å². The van der Waals surface area contributed by atoms with Gasteiger partial charge in [-0.25, -0.2) is 0 Å². The lowest BCUT2D eigenvalue weighted by Gasteiger charge is -2.39. The fraction of sp³-hybridized carbons (Fsp3) is 0.240. The maximum Gasteiger partial charge on any atom is 0.183 e. The topological polar surface area (TPSA) is 20.3 Å². The average Bonchev–Trinajstić information content (AvgIpc) is 2.69. The molecule has 0 atom stereocenters. The number of hydrogen-bond donors (Lipinski definition) is 0. The van der Waals surface area contributed by atoms with Gasteiger partial charge in [-0.1, -0.05) is 90.5 Å². The van der Waals surface area contributed by atoms with E-state index < -0.39 is 5.54 Å². The number of hydrogen-bond acceptors (Lipinski definition) is 2. The van der Waals surface area contributed by atoms with Gasteiger partial charge in [0.2, 0.25) is 0 Å². The SMILES string of the molecule is Cc1ccc(C(=O)C(Cc2ccccc2)(Cc2ccccc2)N(C)C)cc1. The number of carbonyl (C=O) groups is 1. The number of aryl methyl sites for hydroxylation is 1. The fourth-order valence-electron chi connectivity index (χ4n) is 3.58. The van der Waals surface area contributed by atoms with Crippen molar-refractivity contribution in [2.45, 2.75) is 25.3 Å². The molecule has 3 aromatic rings. The maximum absolute atomic E-state index is 13.8. The van der Waals surface area contributed by atoms with Crippen molar-refractivity contribution >= 4 is 5.78 Å². The van der Waals surface area contributed by atoms with Gasteiger partial charge in [0.05, 0.1) is 5.54 Å². The lowest BCUT2D eigenvalue weighted by atomic mass is 9.77. The molecule has 0 bridgehead atoms. The van der Waals surface area contributed by atoms with Gasteiger partial charge in [0.25, 0.3) is 0 Å². The van der Waals surface area contributed by atoms with Crippen molar-refractivity contribution in [2.75, 3.05) is 14.1 Å². The van der Waals surface area contributed by atoms with Crippen LogP contribution in [0.3, 0.4) is 0 Å². The molecule has 0 radical (unpaired) electrons. The van der Waals surface area contributed by atoms with Crippen LogP contribution in [0.1, 0.15) is 27.0 Å². The minimum absolute atomic E-state index is 0.167. The molecule has 27 heavy (non-hydrogen) atoms. The summed E-state index contributed by atoms with van der Waals surface area (Å²) in [7, 11) is 4.02. The van der Waals surface area contributed by atoms with Gasteiger partial charge in [-0.15, -0.1) is 0 Å². The van der Waals surface area contributed by atoms with Gasteiger partial charge >= 0.3 is 0 Å². The average molecular weight is 357 g/mol. The number of likely N-dealkylation sites (N-methyl/N-ethyl adjacent to an activating group) is 1. The summed E-state index contributed by atoms with van der Waals surface area (Å²) in [6, 6.07) is 28.5. The molecule has 0 aliphatic heterocycles. The van der Waals surface area contributed by atoms with Crippen LogP contribution < -0.4 is 0 Å². The minimum atomic E-state index is -0.641. The predicted molar refractivity (Wildman–Crippen MR) is 112 cm³/mol. The number of benzene rings is 3. The second kappa shape index (κ2) is 8.32. The summed E-state index contributed by atoms with van der Waals surface area (Å²) < 4.78 is 0. The predicted octanol–water partition coefficient (Wildman–Crippen LogP) is 4.96. The van der Waals surface area contributed by atoms with Crippen molar-refractivity contribution in [1.29, 1.82) is 0 Å². The van der Waals surface area contributed by atoms with Crippen molar-refractivity contribution in [3.63, 3.8) is 0 Å². The Morgan fingerprint density at radius 1 is 0.741 bits per heavy atom. The van der Waals surface area contributed by atoms with E-state index in [1.165, 1.54) is 11.1 Å². The van der Waals surface area contributed by atoms with Gasteiger partial charge in [0, 0.05) is 5.56 Å². The smallest absolute Gasteiger partial charge is 0.183 e. The van der Waals surface area contributed by atoms with Crippen LogP contribution in [-0.4, -0.2) is 30.3 Å². The van der Waals surface area contributed by atoms with E-state index in [9.17, 15) is 4.79 Å². The third-order valence-corrected chi connectivity index (χ3v) is 5.27. The highest BCUT2D eigenvalue weighted by atomic mass is 16.1. The van der Waals surface area contributed by atoms with Crippen molar-refractivity contribution in [3.8, 4) is 0 Å². The third-order valence-electron chi connectivity index (χ3n) is 5.27. The Kier molecular flexibility index (Phi) is 5.88. The molecule has 0 spiro atoms. The molecule has 138 valence electrons. The van der Waals surface area contributed by atoms with Crippen LogP contribution >= 0.6 is 0 Å². The van der Waals surface area contributed by atoms with E-state index in [4.69, 9.17) is 0 Å². The fourth-order valence-corrected chi connectivity index (χ4v) is 3.58. The van der Waals surface area contributed by atoms with E-state index in [1.807, 2.05) is 81.7 Å². The van der Waals surface area contributed by atoms with E-state index in [-0.39, 0.29) is 5.78 Å². The molecule has 0 saturated heterocycles. The zero-order chi connectivity index (χ0) is 19.3. The highest BCUT2D eigenvalue weighted by molar-refractivity contribution is 6.03. The van der Waals surface area contributed by atoms with Crippen molar-refractivity contribution in [2.24, 2.45) is 0 Å². The highest BCUT2D eigenvalue weighted by Crippen LogP contribution is 2.29. The number of carbonyl (C=O) groups excluding carboxylic acids is 1. The van der Waals surface area contributed by atoms with Gasteiger partial charge in [-0.3, -0.25) is 9.69 Å². The number of nitrogens with zero attached hydrogens (tertiary/aromatic N) is 1. The Balaban J connectivity index is 2.07. The Morgan fingerprint density at radius 3 is 1.59 bits per heavy atom. The number of rotatable bonds is 7. The van der Waals surface area contributed by atoms with Crippen LogP contribution in [-0.2, 0) is 12.8 Å². The first-order chi connectivity index (χ1) is 13.0. The summed E-state index contributed by atoms with van der Waals surface area (Å²) in [6.07, 6.45) is 1.34. The van der Waals surface area contributed by atoms with Crippen LogP contribution in [0.25, 0.3) is 0 Å². The van der Waals surface area contributed by atoms with Gasteiger partial charge in [-0.05, 0) is 45.0 Å². The maximum atomic E-state index is 13.8. The van der Waals surface area contributed by atoms with Gasteiger partial charge in [0.1, 0.15) is 0 Å². The minimum Gasteiger partial charge on any atom is -0.296 e. The van der Waals surface area contributed by atoms with Crippen molar-refractivity contribution in [1.82, 2.24) is 4.90 Å². The Hall–Kier alpha value is -2.71. The largest absolute Gasteiger partial charge is 0.296 e. The summed E-state index contributed by atoms with van der Waals surface area (Å²) in [4.78, 5) is 15.9. The molecule has 0 saturated carbocycles. The third kappa shape index (κ3) is 4.35. The molecule has 0 aromatic heterocycles. The zero-order valence-corrected chi connectivity index (χ0v) is 16.4. The van der Waals surface area contributed by atoms with E-state index in [0.29, 0.717) is 12.8 Å². The highest BCUT2D eigenvalue weighted by Gasteiger charge is 2.41. The molecule has 3 aromatic carbocycles. The van der Waals surface area contributed by atoms with Crippen molar-refractivity contribution < 1.29 is 4.79 Å². The first-order valence-electron chi connectivity index (χ1n) is 9.38. The molecule has 0 fully saturated rings. The molecule has 2 nitrogen and oxygen atoms in total. The zero-order valence-electron chi connectivity index (χ0n) is 16.4. The molecular formula is C25H27NO. The summed E-state index contributed by atoms with van der Waals surface area (Å²) >= 11 is 0. The van der Waals surface area contributed by atoms with Crippen molar-refractivity contribution in [3.05, 3.63) is 107 Å². The van der Waals surface area contributed by atoms with Gasteiger partial charge in [-0.2, -0.15) is 0 Å². The van der Waals surface area contributed by atoms with E-state index >= 15 is 0 Å². The van der Waals surface area contributed by atoms with Gasteiger partial charge < -0.3 is 0 Å². The molecule has 0 amide bonds. The van der Waals surface area contributed by atoms with Crippen LogP contribution in [0.4, 0.5) is 0 Å². The molecule has 3 rings (SSSR count). The first kappa shape index (κ1) is 19.1. The molecular weight excluding hydrogens is 330 g/mol. The monoisotopic (exact) mass is 357 g/mol. The Morgan fingerprint density at radius 2 is 1.19 bits per heavy atom. The molecule has 0 heterocycles. The van der Waals surface area contributed by atoms with E-state index in [0.717, 1.165) is 11.1 Å². The van der Waals surface area contributed by atoms with Crippen LogP contribution in [0, 0.1) is 6.92 Å². The first-order valence-corrected chi connectivity index (χ1v) is 9.38. The molecule has 0 aliphatic rings. The molecule has 2 heteroatoms. The quantitative estimate of drug-likeness (QED) is 0.557. The lowest BCUT2D eigenvalue weighted by Crippen LogP contribution is -2.54. The van der Waals surface area contributed by atoms with Crippen LogP contribution in [0.15, 0.2) is 84.9 Å². The normalized spacial score (nSPS) is 11.6. The lowest BCUT2D eigenvalue weighted by molar-refractivity contribution is 0.0676. The number of ketones is 1. The standard InChI is InChI=1S/C25H27NO/c1-20-14-16-23(17-15-20)24(27)25(26(2)3,18-21-10-6-4-7-11-21)19-22-12-8-5-9-13-22/h4-17H,18-19H2,1-3H3. The summed E-state index contributed by atoms with van der Waals surface area (Å²) in [6.45, 7) is 2.04. The Bertz CT molecular complexity index is 826. The summed E-state index contributed by atoms with van der Waals surface area (Å²) in [5, 5.41) is 0. The summed E-state index contributed by atoms with van der Waals surface area (Å²) in [5.41, 5.74) is 3.62.